The first-order valence-corrected chi connectivity index (χ1v) is 10.8. The van der Waals surface area contributed by atoms with Gasteiger partial charge in [-0.15, -0.1) is 0 Å². The first-order chi connectivity index (χ1) is 15.8. The minimum atomic E-state index is -0.834. The molecule has 3 aromatic rings. The van der Waals surface area contributed by atoms with E-state index in [1.54, 1.807) is 42.5 Å². The van der Waals surface area contributed by atoms with E-state index in [-0.39, 0.29) is 11.6 Å². The van der Waals surface area contributed by atoms with Gasteiger partial charge in [-0.25, -0.2) is 9.37 Å². The number of carbonyl (C=O) groups is 1. The van der Waals surface area contributed by atoms with Gasteiger partial charge in [0, 0.05) is 46.2 Å². The van der Waals surface area contributed by atoms with E-state index >= 15 is 0 Å². The molecule has 1 saturated heterocycles. The SMILES string of the molecule is CCC1(C(=O)O)CN1Cc1ccc(-c2cc(Nc3ccc(Cl)cc3CF)ccc2O)nc1N. The third-order valence-electron chi connectivity index (χ3n) is 6.07. The summed E-state index contributed by atoms with van der Waals surface area (Å²) in [5.41, 5.74) is 8.59. The van der Waals surface area contributed by atoms with Crippen molar-refractivity contribution < 1.29 is 19.4 Å². The summed E-state index contributed by atoms with van der Waals surface area (Å²) in [5, 5.41) is 23.5. The number of rotatable bonds is 8. The molecular formula is C24H24ClFN4O3. The van der Waals surface area contributed by atoms with Crippen LogP contribution in [0.2, 0.25) is 5.02 Å². The van der Waals surface area contributed by atoms with Gasteiger partial charge in [-0.05, 0) is 48.9 Å². The molecule has 2 aromatic carbocycles. The second kappa shape index (κ2) is 8.88. The molecule has 33 heavy (non-hydrogen) atoms. The number of nitrogens with zero attached hydrogens (tertiary/aromatic N) is 2. The van der Waals surface area contributed by atoms with Gasteiger partial charge in [-0.3, -0.25) is 9.69 Å². The molecule has 0 bridgehead atoms. The van der Waals surface area contributed by atoms with Crippen molar-refractivity contribution in [1.29, 1.82) is 0 Å². The molecule has 1 fully saturated rings. The number of carboxylic acids is 1. The molecule has 1 aliphatic rings. The predicted molar refractivity (Wildman–Crippen MR) is 126 cm³/mol. The summed E-state index contributed by atoms with van der Waals surface area (Å²) in [4.78, 5) is 17.8. The molecule has 1 aromatic heterocycles. The molecule has 1 aliphatic heterocycles. The maximum atomic E-state index is 13.4. The van der Waals surface area contributed by atoms with Crippen molar-refractivity contribution in [3.63, 3.8) is 0 Å². The number of benzene rings is 2. The van der Waals surface area contributed by atoms with Gasteiger partial charge in [0.15, 0.2) is 0 Å². The molecule has 2 unspecified atom stereocenters. The number of pyridine rings is 1. The van der Waals surface area contributed by atoms with Crippen LogP contribution in [0.4, 0.5) is 21.6 Å². The number of hydrogen-bond donors (Lipinski definition) is 4. The first kappa shape index (κ1) is 22.8. The number of nitrogens with two attached hydrogens (primary N) is 1. The number of halogens is 2. The zero-order valence-corrected chi connectivity index (χ0v) is 18.7. The van der Waals surface area contributed by atoms with Crippen molar-refractivity contribution >= 4 is 34.8 Å². The van der Waals surface area contributed by atoms with Crippen molar-refractivity contribution in [2.24, 2.45) is 0 Å². The average Bonchev–Trinajstić information content (AvgIpc) is 3.52. The van der Waals surface area contributed by atoms with Crippen LogP contribution in [0.25, 0.3) is 11.3 Å². The third-order valence-corrected chi connectivity index (χ3v) is 6.31. The molecule has 172 valence electrons. The van der Waals surface area contributed by atoms with Crippen molar-refractivity contribution in [1.82, 2.24) is 9.88 Å². The van der Waals surface area contributed by atoms with Crippen LogP contribution in [0.15, 0.2) is 48.5 Å². The van der Waals surface area contributed by atoms with E-state index in [4.69, 9.17) is 17.3 Å². The lowest BCUT2D eigenvalue weighted by atomic mass is 10.1. The normalized spacial score (nSPS) is 19.3. The first-order valence-electron chi connectivity index (χ1n) is 10.5. The maximum absolute atomic E-state index is 13.4. The number of aromatic nitrogens is 1. The molecule has 9 heteroatoms. The average molecular weight is 471 g/mol. The second-order valence-electron chi connectivity index (χ2n) is 8.08. The number of aromatic hydroxyl groups is 1. The number of phenolic OH excluding ortho intramolecular Hbond substituents is 1. The highest BCUT2D eigenvalue weighted by Gasteiger charge is 2.57. The van der Waals surface area contributed by atoms with Gasteiger partial charge >= 0.3 is 5.97 Å². The Labute approximate surface area is 195 Å². The molecule has 7 nitrogen and oxygen atoms in total. The van der Waals surface area contributed by atoms with E-state index in [1.165, 1.54) is 6.07 Å². The van der Waals surface area contributed by atoms with Gasteiger partial charge in [0.05, 0.1) is 5.69 Å². The van der Waals surface area contributed by atoms with Crippen LogP contribution in [0.3, 0.4) is 0 Å². The van der Waals surface area contributed by atoms with Crippen molar-refractivity contribution in [2.45, 2.75) is 32.1 Å². The minimum absolute atomic E-state index is 0.0174. The zero-order valence-electron chi connectivity index (χ0n) is 18.0. The molecule has 4 rings (SSSR count). The largest absolute Gasteiger partial charge is 0.507 e. The molecular weight excluding hydrogens is 447 g/mol. The Bertz CT molecular complexity index is 1220. The van der Waals surface area contributed by atoms with Gasteiger partial charge in [-0.2, -0.15) is 0 Å². The Morgan fingerprint density at radius 2 is 2.03 bits per heavy atom. The maximum Gasteiger partial charge on any atom is 0.325 e. The lowest BCUT2D eigenvalue weighted by Crippen LogP contribution is -2.28. The topological polar surface area (TPSA) is 111 Å². The Hall–Kier alpha value is -3.36. The van der Waals surface area contributed by atoms with Crippen LogP contribution < -0.4 is 11.1 Å². The summed E-state index contributed by atoms with van der Waals surface area (Å²) in [7, 11) is 0. The van der Waals surface area contributed by atoms with Crippen LogP contribution in [-0.2, 0) is 18.0 Å². The minimum Gasteiger partial charge on any atom is -0.507 e. The molecule has 2 atom stereocenters. The summed E-state index contributed by atoms with van der Waals surface area (Å²) in [6.07, 6.45) is 0.513. The number of anilines is 3. The molecule has 0 saturated carbocycles. The summed E-state index contributed by atoms with van der Waals surface area (Å²) < 4.78 is 13.4. The van der Waals surface area contributed by atoms with Crippen LogP contribution in [-0.4, -0.2) is 38.1 Å². The fourth-order valence-electron chi connectivity index (χ4n) is 3.94. The Morgan fingerprint density at radius 1 is 1.24 bits per heavy atom. The lowest BCUT2D eigenvalue weighted by molar-refractivity contribution is -0.141. The number of hydrogen-bond acceptors (Lipinski definition) is 6. The van der Waals surface area contributed by atoms with E-state index in [0.717, 1.165) is 5.56 Å². The standard InChI is InChI=1S/C24H24ClFN4O3/c1-2-24(23(32)33)13-30(24)12-14-3-6-20(29-22(14)27)18-10-17(5-8-21(18)31)28-19-7-4-16(25)9-15(19)11-26/h3-10,28,31H,2,11-13H2,1H3,(H2,27,29)(H,32,33). The number of phenols is 1. The Morgan fingerprint density at radius 3 is 2.67 bits per heavy atom. The predicted octanol–water partition coefficient (Wildman–Crippen LogP) is 4.95. The highest BCUT2D eigenvalue weighted by Crippen LogP contribution is 2.39. The van der Waals surface area contributed by atoms with Gasteiger partial charge in [0.25, 0.3) is 0 Å². The van der Waals surface area contributed by atoms with Crippen LogP contribution >= 0.6 is 11.6 Å². The van der Waals surface area contributed by atoms with Gasteiger partial charge < -0.3 is 21.3 Å². The molecule has 0 radical (unpaired) electrons. The van der Waals surface area contributed by atoms with Crippen molar-refractivity contribution in [3.05, 3.63) is 64.7 Å². The Kier molecular flexibility index (Phi) is 6.14. The van der Waals surface area contributed by atoms with Crippen molar-refractivity contribution in [3.8, 4) is 17.0 Å². The summed E-state index contributed by atoms with van der Waals surface area (Å²) in [6, 6.07) is 13.3. The third kappa shape index (κ3) is 4.44. The second-order valence-corrected chi connectivity index (χ2v) is 8.52. The Balaban J connectivity index is 1.57. The molecule has 0 amide bonds. The van der Waals surface area contributed by atoms with E-state index in [1.807, 2.05) is 11.8 Å². The molecule has 0 aliphatic carbocycles. The molecule has 2 heterocycles. The summed E-state index contributed by atoms with van der Waals surface area (Å²) in [6.45, 7) is 2.03. The van der Waals surface area contributed by atoms with E-state index < -0.39 is 18.2 Å². The zero-order chi connectivity index (χ0) is 23.8. The van der Waals surface area contributed by atoms with E-state index in [0.29, 0.717) is 52.7 Å². The highest BCUT2D eigenvalue weighted by atomic mass is 35.5. The number of nitrogens with one attached hydrogen (secondary N) is 1. The fourth-order valence-corrected chi connectivity index (χ4v) is 4.13. The summed E-state index contributed by atoms with van der Waals surface area (Å²) >= 11 is 5.95. The molecule has 5 N–H and O–H groups in total. The monoisotopic (exact) mass is 470 g/mol. The summed E-state index contributed by atoms with van der Waals surface area (Å²) in [5.74, 6) is -0.548. The van der Waals surface area contributed by atoms with Crippen molar-refractivity contribution in [2.75, 3.05) is 17.6 Å². The van der Waals surface area contributed by atoms with E-state index in [9.17, 15) is 19.4 Å². The van der Waals surface area contributed by atoms with Crippen LogP contribution in [0.5, 0.6) is 5.75 Å². The number of aliphatic carboxylic acids is 1. The van der Waals surface area contributed by atoms with Gasteiger partial charge in [0.2, 0.25) is 0 Å². The smallest absolute Gasteiger partial charge is 0.325 e. The number of alkyl halides is 1. The van der Waals surface area contributed by atoms with Gasteiger partial charge in [-0.1, -0.05) is 24.6 Å². The van der Waals surface area contributed by atoms with Crippen LogP contribution in [0.1, 0.15) is 24.5 Å². The fraction of sp³-hybridized carbons (Fsp3) is 0.250. The molecule has 0 spiro atoms. The van der Waals surface area contributed by atoms with Gasteiger partial charge in [0.1, 0.15) is 23.8 Å². The lowest BCUT2D eigenvalue weighted by Gasteiger charge is -2.14. The number of carboxylic acid groups (broad SMARTS) is 1. The number of nitrogen functional groups attached to an aromatic ring is 1. The quantitative estimate of drug-likeness (QED) is 0.272. The van der Waals surface area contributed by atoms with Crippen LogP contribution in [0, 0.1) is 0 Å². The highest BCUT2D eigenvalue weighted by molar-refractivity contribution is 6.30. The van der Waals surface area contributed by atoms with E-state index in [2.05, 4.69) is 10.3 Å².